The number of nitrogens with one attached hydrogen (secondary N) is 1. The number of nitrogens with zero attached hydrogens (tertiary/aromatic N) is 2. The molecule has 0 fully saturated rings. The van der Waals surface area contributed by atoms with E-state index in [1.54, 1.807) is 18.4 Å². The minimum Gasteiger partial charge on any atom is -0.497 e. The molecule has 3 rings (SSSR count). The van der Waals surface area contributed by atoms with Crippen LogP contribution < -0.4 is 15.8 Å². The SMILES string of the molecule is CCc1ccc(NC(N)=NCc2csc(-c3ccc(OC)cc3)n2)cc1.I. The van der Waals surface area contributed by atoms with Crippen molar-refractivity contribution in [3.8, 4) is 16.3 Å². The van der Waals surface area contributed by atoms with Crippen LogP contribution in [0.3, 0.4) is 0 Å². The molecule has 27 heavy (non-hydrogen) atoms. The van der Waals surface area contributed by atoms with E-state index in [0.29, 0.717) is 12.5 Å². The van der Waals surface area contributed by atoms with E-state index in [0.717, 1.165) is 34.1 Å². The van der Waals surface area contributed by atoms with E-state index >= 15 is 0 Å². The second kappa shape index (κ2) is 10.3. The predicted molar refractivity (Wildman–Crippen MR) is 124 cm³/mol. The number of anilines is 1. The average Bonchev–Trinajstić information content (AvgIpc) is 3.16. The third kappa shape index (κ3) is 5.93. The molecule has 142 valence electrons. The number of aliphatic imine (C=N–C) groups is 1. The van der Waals surface area contributed by atoms with Gasteiger partial charge in [0.2, 0.25) is 0 Å². The summed E-state index contributed by atoms with van der Waals surface area (Å²) in [6.07, 6.45) is 1.02. The van der Waals surface area contributed by atoms with Gasteiger partial charge in [-0.1, -0.05) is 19.1 Å². The summed E-state index contributed by atoms with van der Waals surface area (Å²) in [7, 11) is 1.66. The summed E-state index contributed by atoms with van der Waals surface area (Å²) >= 11 is 1.59. The first-order valence-corrected chi connectivity index (χ1v) is 9.30. The molecule has 0 bridgehead atoms. The lowest BCUT2D eigenvalue weighted by Crippen LogP contribution is -2.22. The lowest BCUT2D eigenvalue weighted by Gasteiger charge is -2.06. The summed E-state index contributed by atoms with van der Waals surface area (Å²) in [4.78, 5) is 9.00. The molecular weight excluding hydrogens is 471 g/mol. The summed E-state index contributed by atoms with van der Waals surface area (Å²) in [6, 6.07) is 16.0. The normalized spacial score (nSPS) is 11.0. The van der Waals surface area contributed by atoms with Gasteiger partial charge in [0.05, 0.1) is 19.3 Å². The summed E-state index contributed by atoms with van der Waals surface area (Å²) < 4.78 is 5.18. The Bertz CT molecular complexity index is 876. The van der Waals surface area contributed by atoms with Crippen molar-refractivity contribution in [2.75, 3.05) is 12.4 Å². The number of hydrogen-bond acceptors (Lipinski definition) is 4. The van der Waals surface area contributed by atoms with Gasteiger partial charge < -0.3 is 15.8 Å². The third-order valence-electron chi connectivity index (χ3n) is 3.93. The fourth-order valence-electron chi connectivity index (χ4n) is 2.42. The van der Waals surface area contributed by atoms with E-state index in [1.165, 1.54) is 5.56 Å². The highest BCUT2D eigenvalue weighted by Crippen LogP contribution is 2.25. The number of methoxy groups -OCH3 is 1. The Labute approximate surface area is 180 Å². The molecule has 0 saturated carbocycles. The number of aromatic nitrogens is 1. The Morgan fingerprint density at radius 2 is 1.85 bits per heavy atom. The largest absolute Gasteiger partial charge is 0.497 e. The molecule has 0 spiro atoms. The fraction of sp³-hybridized carbons (Fsp3) is 0.200. The van der Waals surface area contributed by atoms with Gasteiger partial charge in [-0.05, 0) is 48.4 Å². The maximum atomic E-state index is 5.97. The van der Waals surface area contributed by atoms with Crippen LogP contribution in [0.5, 0.6) is 5.75 Å². The number of benzene rings is 2. The number of hydrogen-bond donors (Lipinski definition) is 2. The Balaban J connectivity index is 0.00000261. The maximum absolute atomic E-state index is 5.97. The van der Waals surface area contributed by atoms with Crippen molar-refractivity contribution >= 4 is 47.0 Å². The zero-order chi connectivity index (χ0) is 18.4. The Kier molecular flexibility index (Phi) is 8.05. The number of rotatable bonds is 6. The molecule has 0 aliphatic carbocycles. The number of guanidine groups is 1. The molecule has 0 unspecified atom stereocenters. The van der Waals surface area contributed by atoms with Crippen LogP contribution in [0, 0.1) is 0 Å². The summed E-state index contributed by atoms with van der Waals surface area (Å²) in [5.41, 5.74) is 10.2. The van der Waals surface area contributed by atoms with E-state index < -0.39 is 0 Å². The molecule has 3 N–H and O–H groups in total. The third-order valence-corrected chi connectivity index (χ3v) is 4.87. The van der Waals surface area contributed by atoms with E-state index in [2.05, 4.69) is 34.3 Å². The van der Waals surface area contributed by atoms with Gasteiger partial charge in [-0.2, -0.15) is 0 Å². The highest BCUT2D eigenvalue weighted by Gasteiger charge is 2.05. The summed E-state index contributed by atoms with van der Waals surface area (Å²) in [5.74, 6) is 1.22. The Morgan fingerprint density at radius 3 is 2.48 bits per heavy atom. The second-order valence-corrected chi connectivity index (χ2v) is 6.61. The van der Waals surface area contributed by atoms with Crippen molar-refractivity contribution in [1.29, 1.82) is 0 Å². The molecule has 7 heteroatoms. The van der Waals surface area contributed by atoms with Gasteiger partial charge in [-0.15, -0.1) is 35.3 Å². The quantitative estimate of drug-likeness (QED) is 0.290. The zero-order valence-corrected chi connectivity index (χ0v) is 18.5. The molecule has 0 amide bonds. The van der Waals surface area contributed by atoms with Crippen LogP contribution in [0.4, 0.5) is 5.69 Å². The van der Waals surface area contributed by atoms with Crippen LogP contribution in [0.1, 0.15) is 18.2 Å². The molecule has 0 saturated heterocycles. The van der Waals surface area contributed by atoms with Crippen LogP contribution in [0.15, 0.2) is 58.9 Å². The van der Waals surface area contributed by atoms with E-state index in [4.69, 9.17) is 10.5 Å². The smallest absolute Gasteiger partial charge is 0.193 e. The molecular formula is C20H23IN4OS. The second-order valence-electron chi connectivity index (χ2n) is 5.75. The highest BCUT2D eigenvalue weighted by molar-refractivity contribution is 14.0. The van der Waals surface area contributed by atoms with Crippen molar-refractivity contribution in [3.63, 3.8) is 0 Å². The van der Waals surface area contributed by atoms with Crippen LogP contribution >= 0.6 is 35.3 Å². The Hall–Kier alpha value is -2.13. The molecule has 0 radical (unpaired) electrons. The molecule has 5 nitrogen and oxygen atoms in total. The number of halogens is 1. The number of aryl methyl sites for hydroxylation is 1. The molecule has 0 aliphatic heterocycles. The molecule has 3 aromatic rings. The van der Waals surface area contributed by atoms with Gasteiger partial charge in [-0.3, -0.25) is 0 Å². The first kappa shape index (κ1) is 21.2. The van der Waals surface area contributed by atoms with Crippen molar-refractivity contribution in [3.05, 3.63) is 65.2 Å². The predicted octanol–water partition coefficient (Wildman–Crippen LogP) is 4.93. The summed E-state index contributed by atoms with van der Waals surface area (Å²) in [5, 5.41) is 6.07. The van der Waals surface area contributed by atoms with Gasteiger partial charge in [0, 0.05) is 16.6 Å². The zero-order valence-electron chi connectivity index (χ0n) is 15.3. The van der Waals surface area contributed by atoms with Crippen LogP contribution in [0.2, 0.25) is 0 Å². The van der Waals surface area contributed by atoms with Gasteiger partial charge in [-0.25, -0.2) is 9.98 Å². The first-order valence-electron chi connectivity index (χ1n) is 8.42. The minimum atomic E-state index is 0. The average molecular weight is 494 g/mol. The van der Waals surface area contributed by atoms with Crippen molar-refractivity contribution in [1.82, 2.24) is 4.98 Å². The first-order chi connectivity index (χ1) is 12.7. The van der Waals surface area contributed by atoms with Crippen molar-refractivity contribution in [2.24, 2.45) is 10.7 Å². The molecule has 1 heterocycles. The van der Waals surface area contributed by atoms with Gasteiger partial charge in [0.25, 0.3) is 0 Å². The number of ether oxygens (including phenoxy) is 1. The molecule has 0 aliphatic rings. The Morgan fingerprint density at radius 1 is 1.15 bits per heavy atom. The topological polar surface area (TPSA) is 72.5 Å². The van der Waals surface area contributed by atoms with Crippen LogP contribution in [-0.2, 0) is 13.0 Å². The van der Waals surface area contributed by atoms with Crippen LogP contribution in [0.25, 0.3) is 10.6 Å². The lowest BCUT2D eigenvalue weighted by molar-refractivity contribution is 0.415. The molecule has 0 atom stereocenters. The van der Waals surface area contributed by atoms with Gasteiger partial charge >= 0.3 is 0 Å². The highest BCUT2D eigenvalue weighted by atomic mass is 127. The van der Waals surface area contributed by atoms with Gasteiger partial charge in [0.15, 0.2) is 5.96 Å². The van der Waals surface area contributed by atoms with E-state index in [-0.39, 0.29) is 24.0 Å². The van der Waals surface area contributed by atoms with Crippen molar-refractivity contribution in [2.45, 2.75) is 19.9 Å². The van der Waals surface area contributed by atoms with E-state index in [9.17, 15) is 0 Å². The maximum Gasteiger partial charge on any atom is 0.193 e. The number of thiazole rings is 1. The minimum absolute atomic E-state index is 0. The monoisotopic (exact) mass is 494 g/mol. The molecule has 2 aromatic carbocycles. The fourth-order valence-corrected chi connectivity index (χ4v) is 3.24. The number of nitrogens with two attached hydrogens (primary N) is 1. The lowest BCUT2D eigenvalue weighted by atomic mass is 10.1. The van der Waals surface area contributed by atoms with Crippen molar-refractivity contribution < 1.29 is 4.74 Å². The van der Waals surface area contributed by atoms with Gasteiger partial charge in [0.1, 0.15) is 10.8 Å². The van der Waals surface area contributed by atoms with E-state index in [1.807, 2.05) is 41.8 Å². The van der Waals surface area contributed by atoms with Crippen LogP contribution in [-0.4, -0.2) is 18.1 Å². The molecule has 1 aromatic heterocycles. The standard InChI is InChI=1S/C20H22N4OS.HI/c1-3-14-4-8-16(9-5-14)24-20(21)22-12-17-13-26-19(23-17)15-6-10-18(25-2)11-7-15;/h4-11,13H,3,12H2,1-2H3,(H3,21,22,24);1H. The summed E-state index contributed by atoms with van der Waals surface area (Å²) in [6.45, 7) is 2.57.